The fourth-order valence-electron chi connectivity index (χ4n) is 3.62. The summed E-state index contributed by atoms with van der Waals surface area (Å²) < 4.78 is 0. The number of nitrogens with one attached hydrogen (secondary N) is 1. The Balaban J connectivity index is 1.84. The van der Waals surface area contributed by atoms with Crippen molar-refractivity contribution in [1.82, 2.24) is 4.90 Å². The Morgan fingerprint density at radius 3 is 2.00 bits per heavy atom. The van der Waals surface area contributed by atoms with Crippen molar-refractivity contribution in [3.63, 3.8) is 0 Å². The van der Waals surface area contributed by atoms with E-state index in [-0.39, 0.29) is 17.5 Å². The molecule has 0 aliphatic heterocycles. The van der Waals surface area contributed by atoms with Crippen LogP contribution in [-0.4, -0.2) is 10.9 Å². The molecule has 3 rings (SSSR count). The van der Waals surface area contributed by atoms with Gasteiger partial charge in [0.2, 0.25) is 0 Å². The van der Waals surface area contributed by atoms with Crippen LogP contribution >= 0.6 is 0 Å². The summed E-state index contributed by atoms with van der Waals surface area (Å²) in [5, 5.41) is 3.09. The smallest absolute Gasteiger partial charge is 0.313 e. The lowest BCUT2D eigenvalue weighted by Crippen LogP contribution is -2.36. The van der Waals surface area contributed by atoms with E-state index >= 15 is 0 Å². The van der Waals surface area contributed by atoms with Crippen LogP contribution in [0.5, 0.6) is 0 Å². The van der Waals surface area contributed by atoms with Crippen LogP contribution in [0.4, 0.5) is 10.5 Å². The molecule has 0 radical (unpaired) electrons. The number of aryl methyl sites for hydroxylation is 1. The molecule has 0 saturated carbocycles. The molecule has 1 N–H and O–H groups in total. The Labute approximate surface area is 187 Å². The number of rotatable bonds is 6. The van der Waals surface area contributed by atoms with Crippen LogP contribution in [0.1, 0.15) is 62.9 Å². The molecule has 3 aromatic carbocycles. The highest BCUT2D eigenvalue weighted by Crippen LogP contribution is 2.26. The predicted octanol–water partition coefficient (Wildman–Crippen LogP) is 7.34. The van der Waals surface area contributed by atoms with E-state index in [4.69, 9.17) is 0 Å². The first-order valence-electron chi connectivity index (χ1n) is 11.1. The van der Waals surface area contributed by atoms with Crippen LogP contribution in [0.15, 0.2) is 78.9 Å². The molecule has 0 bridgehead atoms. The Morgan fingerprint density at radius 2 is 1.45 bits per heavy atom. The zero-order valence-corrected chi connectivity index (χ0v) is 19.4. The van der Waals surface area contributed by atoms with Crippen molar-refractivity contribution in [3.05, 3.63) is 101 Å². The standard InChI is InChI=1S/C28H34N2O/c1-6-22-14-18-26(19-15-22)29-27(31)30(21(2)24-10-8-7-9-11-24)20-23-12-16-25(17-13-23)28(3,4)5/h7-19,21H,6,20H2,1-5H3,(H,29,31)/t21-/m1/s1. The third kappa shape index (κ3) is 5.97. The maximum Gasteiger partial charge on any atom is 0.322 e. The van der Waals surface area contributed by atoms with Crippen LogP contribution in [0.2, 0.25) is 0 Å². The summed E-state index contributed by atoms with van der Waals surface area (Å²) >= 11 is 0. The van der Waals surface area contributed by atoms with Gasteiger partial charge in [-0.2, -0.15) is 0 Å². The van der Waals surface area contributed by atoms with Crippen LogP contribution in [0.25, 0.3) is 0 Å². The lowest BCUT2D eigenvalue weighted by atomic mass is 9.86. The predicted molar refractivity (Wildman–Crippen MR) is 130 cm³/mol. The zero-order chi connectivity index (χ0) is 22.4. The van der Waals surface area contributed by atoms with Gasteiger partial charge in [0.05, 0.1) is 6.04 Å². The highest BCUT2D eigenvalue weighted by Gasteiger charge is 2.22. The van der Waals surface area contributed by atoms with E-state index in [0.717, 1.165) is 23.2 Å². The number of benzene rings is 3. The molecule has 0 heterocycles. The molecule has 0 fully saturated rings. The van der Waals surface area contributed by atoms with E-state index < -0.39 is 0 Å². The van der Waals surface area contributed by atoms with Crippen molar-refractivity contribution in [2.75, 3.05) is 5.32 Å². The van der Waals surface area contributed by atoms with Gasteiger partial charge in [-0.25, -0.2) is 4.79 Å². The van der Waals surface area contributed by atoms with E-state index in [9.17, 15) is 4.79 Å². The normalized spacial score (nSPS) is 12.3. The Kier molecular flexibility index (Phi) is 7.17. The van der Waals surface area contributed by atoms with Gasteiger partial charge in [0.15, 0.2) is 0 Å². The lowest BCUT2D eigenvalue weighted by molar-refractivity contribution is 0.189. The molecular formula is C28H34N2O. The van der Waals surface area contributed by atoms with Crippen LogP contribution in [0, 0.1) is 0 Å². The summed E-state index contributed by atoms with van der Waals surface area (Å²) in [6.07, 6.45) is 0.982. The van der Waals surface area contributed by atoms with Gasteiger partial charge < -0.3 is 10.2 Å². The van der Waals surface area contributed by atoms with Gasteiger partial charge in [-0.3, -0.25) is 0 Å². The SMILES string of the molecule is CCc1ccc(NC(=O)N(Cc2ccc(C(C)(C)C)cc2)[C@H](C)c2ccccc2)cc1. The van der Waals surface area contributed by atoms with Crippen molar-refractivity contribution in [2.45, 2.75) is 59.0 Å². The van der Waals surface area contributed by atoms with Gasteiger partial charge >= 0.3 is 6.03 Å². The molecular weight excluding hydrogens is 380 g/mol. The molecule has 0 aliphatic rings. The molecule has 2 amide bonds. The molecule has 3 aromatic rings. The third-order valence-electron chi connectivity index (χ3n) is 5.80. The number of urea groups is 1. The van der Waals surface area contributed by atoms with Crippen LogP contribution in [0.3, 0.4) is 0 Å². The Hall–Kier alpha value is -3.07. The van der Waals surface area contributed by atoms with Gasteiger partial charge in [0, 0.05) is 12.2 Å². The second-order valence-electron chi connectivity index (χ2n) is 9.14. The highest BCUT2D eigenvalue weighted by molar-refractivity contribution is 5.89. The van der Waals surface area contributed by atoms with Crippen LogP contribution < -0.4 is 5.32 Å². The molecule has 0 spiro atoms. The highest BCUT2D eigenvalue weighted by atomic mass is 16.2. The van der Waals surface area contributed by atoms with E-state index in [1.165, 1.54) is 11.1 Å². The minimum atomic E-state index is -0.0968. The molecule has 1 atom stereocenters. The van der Waals surface area contributed by atoms with Gasteiger partial charge in [0.1, 0.15) is 0 Å². The van der Waals surface area contributed by atoms with Gasteiger partial charge in [0.25, 0.3) is 0 Å². The molecule has 0 unspecified atom stereocenters. The van der Waals surface area contributed by atoms with Crippen molar-refractivity contribution >= 4 is 11.7 Å². The number of nitrogens with zero attached hydrogens (tertiary/aromatic N) is 1. The van der Waals surface area contributed by atoms with Gasteiger partial charge in [-0.1, -0.05) is 94.4 Å². The minimum Gasteiger partial charge on any atom is -0.313 e. The number of hydrogen-bond donors (Lipinski definition) is 1. The second kappa shape index (κ2) is 9.82. The van der Waals surface area contributed by atoms with Crippen molar-refractivity contribution < 1.29 is 4.79 Å². The summed E-state index contributed by atoms with van der Waals surface area (Å²) in [5.41, 5.74) is 5.70. The first kappa shape index (κ1) is 22.6. The monoisotopic (exact) mass is 414 g/mol. The molecule has 31 heavy (non-hydrogen) atoms. The van der Waals surface area contributed by atoms with Gasteiger partial charge in [-0.15, -0.1) is 0 Å². The average Bonchev–Trinajstić information content (AvgIpc) is 2.78. The van der Waals surface area contributed by atoms with E-state index in [2.05, 4.69) is 88.5 Å². The molecule has 0 aromatic heterocycles. The van der Waals surface area contributed by atoms with Crippen molar-refractivity contribution in [3.8, 4) is 0 Å². The Morgan fingerprint density at radius 1 is 0.871 bits per heavy atom. The summed E-state index contributed by atoms with van der Waals surface area (Å²) in [5.74, 6) is 0. The molecule has 0 saturated heterocycles. The first-order valence-corrected chi connectivity index (χ1v) is 11.1. The fourth-order valence-corrected chi connectivity index (χ4v) is 3.62. The second-order valence-corrected chi connectivity index (χ2v) is 9.14. The van der Waals surface area contributed by atoms with E-state index in [0.29, 0.717) is 6.54 Å². The largest absolute Gasteiger partial charge is 0.322 e. The summed E-state index contributed by atoms with van der Waals surface area (Å²) in [4.78, 5) is 15.2. The molecule has 0 aliphatic carbocycles. The van der Waals surface area contributed by atoms with Gasteiger partial charge in [-0.05, 0) is 53.1 Å². The van der Waals surface area contributed by atoms with Crippen LogP contribution in [-0.2, 0) is 18.4 Å². The lowest BCUT2D eigenvalue weighted by Gasteiger charge is -2.30. The molecule has 3 heteroatoms. The number of carbonyl (C=O) groups excluding carboxylic acids is 1. The first-order chi connectivity index (χ1) is 14.8. The summed E-state index contributed by atoms with van der Waals surface area (Å²) in [6.45, 7) is 11.4. The number of anilines is 1. The molecule has 162 valence electrons. The fraction of sp³-hybridized carbons (Fsp3) is 0.321. The number of hydrogen-bond acceptors (Lipinski definition) is 1. The summed E-state index contributed by atoms with van der Waals surface area (Å²) in [6, 6.07) is 26.7. The minimum absolute atomic E-state index is 0.0570. The van der Waals surface area contributed by atoms with E-state index in [1.54, 1.807) is 0 Å². The maximum absolute atomic E-state index is 13.3. The molecule has 3 nitrogen and oxygen atoms in total. The Bertz CT molecular complexity index is 970. The quantitative estimate of drug-likeness (QED) is 0.449. The zero-order valence-electron chi connectivity index (χ0n) is 19.4. The van der Waals surface area contributed by atoms with Crippen molar-refractivity contribution in [2.24, 2.45) is 0 Å². The summed E-state index contributed by atoms with van der Waals surface area (Å²) in [7, 11) is 0. The number of amides is 2. The van der Waals surface area contributed by atoms with Crippen molar-refractivity contribution in [1.29, 1.82) is 0 Å². The van der Waals surface area contributed by atoms with E-state index in [1.807, 2.05) is 35.2 Å². The topological polar surface area (TPSA) is 32.3 Å². The third-order valence-corrected chi connectivity index (χ3v) is 5.80. The number of carbonyl (C=O) groups is 1. The maximum atomic E-state index is 13.3. The average molecular weight is 415 g/mol.